The Labute approximate surface area is 224 Å². The first-order valence-corrected chi connectivity index (χ1v) is 14.7. The van der Waals surface area contributed by atoms with E-state index in [1.165, 1.54) is 72.1 Å². The van der Waals surface area contributed by atoms with E-state index in [9.17, 15) is 4.79 Å². The number of aryl methyl sites for hydroxylation is 2. The second kappa shape index (κ2) is 10.4. The summed E-state index contributed by atoms with van der Waals surface area (Å²) in [6.07, 6.45) is 14.1. The number of nitrogens with one attached hydrogen (secondary N) is 2. The molecular formula is C33H47N3O. The van der Waals surface area contributed by atoms with E-state index in [2.05, 4.69) is 93.5 Å². The van der Waals surface area contributed by atoms with Gasteiger partial charge in [0.2, 0.25) is 5.91 Å². The molecule has 1 aromatic rings. The van der Waals surface area contributed by atoms with Crippen LogP contribution in [-0.2, 0) is 4.79 Å². The number of amides is 1. The molecule has 2 N–H and O–H groups in total. The summed E-state index contributed by atoms with van der Waals surface area (Å²) < 4.78 is 0. The van der Waals surface area contributed by atoms with E-state index >= 15 is 0 Å². The molecule has 4 aliphatic rings. The summed E-state index contributed by atoms with van der Waals surface area (Å²) in [6, 6.07) is 8.04. The van der Waals surface area contributed by atoms with Gasteiger partial charge in [-0.3, -0.25) is 4.79 Å². The highest BCUT2D eigenvalue weighted by Gasteiger charge is 2.48. The summed E-state index contributed by atoms with van der Waals surface area (Å²) in [5, 5.41) is 7.61. The largest absolute Gasteiger partial charge is 0.377 e. The predicted molar refractivity (Wildman–Crippen MR) is 154 cm³/mol. The maximum absolute atomic E-state index is 13.9. The Morgan fingerprint density at radius 1 is 1.11 bits per heavy atom. The van der Waals surface area contributed by atoms with Gasteiger partial charge in [-0.05, 0) is 101 Å². The van der Waals surface area contributed by atoms with E-state index < -0.39 is 5.41 Å². The van der Waals surface area contributed by atoms with Crippen molar-refractivity contribution in [2.45, 2.75) is 98.2 Å². The van der Waals surface area contributed by atoms with E-state index in [-0.39, 0.29) is 12.0 Å². The van der Waals surface area contributed by atoms with Crippen LogP contribution in [-0.4, -0.2) is 42.0 Å². The Morgan fingerprint density at radius 2 is 1.76 bits per heavy atom. The summed E-state index contributed by atoms with van der Waals surface area (Å²) in [4.78, 5) is 16.2. The fraction of sp³-hybridized carbons (Fsp3) is 0.606. The summed E-state index contributed by atoms with van der Waals surface area (Å²) in [6.45, 7) is 15.3. The van der Waals surface area contributed by atoms with Crippen molar-refractivity contribution in [2.24, 2.45) is 17.3 Å². The fourth-order valence-electron chi connectivity index (χ4n) is 7.30. The molecule has 37 heavy (non-hydrogen) atoms. The third-order valence-electron chi connectivity index (χ3n) is 9.33. The maximum Gasteiger partial charge on any atom is 0.233 e. The van der Waals surface area contributed by atoms with Crippen molar-refractivity contribution in [1.29, 1.82) is 0 Å². The van der Waals surface area contributed by atoms with Crippen LogP contribution in [0.5, 0.6) is 0 Å². The second-order valence-electron chi connectivity index (χ2n) is 12.6. The number of fused-ring (bicyclic) bond motifs is 3. The molecule has 0 aromatic heterocycles. The highest BCUT2D eigenvalue weighted by Crippen LogP contribution is 2.46. The number of unbranched alkanes of at least 4 members (excludes halogenated alkanes) is 1. The molecule has 1 aromatic carbocycles. The molecule has 4 heteroatoms. The van der Waals surface area contributed by atoms with Gasteiger partial charge in [-0.15, -0.1) is 0 Å². The van der Waals surface area contributed by atoms with Crippen molar-refractivity contribution in [2.75, 3.05) is 13.1 Å². The number of hydrogen-bond donors (Lipinski definition) is 2. The number of rotatable bonds is 9. The van der Waals surface area contributed by atoms with Gasteiger partial charge in [-0.2, -0.15) is 0 Å². The molecule has 4 nitrogen and oxygen atoms in total. The molecule has 0 radical (unpaired) electrons. The summed E-state index contributed by atoms with van der Waals surface area (Å²) in [5.41, 5.74) is 7.31. The van der Waals surface area contributed by atoms with Crippen molar-refractivity contribution >= 4 is 11.6 Å². The van der Waals surface area contributed by atoms with Crippen molar-refractivity contribution in [3.63, 3.8) is 0 Å². The van der Waals surface area contributed by atoms with Crippen molar-refractivity contribution in [3.8, 4) is 0 Å². The van der Waals surface area contributed by atoms with Crippen LogP contribution in [0.2, 0.25) is 0 Å². The Balaban J connectivity index is 1.48. The normalized spacial score (nSPS) is 27.4. The maximum atomic E-state index is 13.9. The van der Waals surface area contributed by atoms with Crippen LogP contribution >= 0.6 is 0 Å². The SMILES string of the molecule is CCCCNC[C@@H](C)C1=C(c2cc(C)cc(C)c2)NC2C=CC(C(C)(C)C(=O)N3C4CCC3CC4)=CC12. The van der Waals surface area contributed by atoms with E-state index in [0.29, 0.717) is 23.9 Å². The van der Waals surface area contributed by atoms with Crippen LogP contribution in [0.25, 0.3) is 5.70 Å². The molecule has 0 spiro atoms. The van der Waals surface area contributed by atoms with Crippen LogP contribution < -0.4 is 10.6 Å². The Kier molecular flexibility index (Phi) is 7.42. The second-order valence-corrected chi connectivity index (χ2v) is 12.6. The molecule has 0 saturated carbocycles. The van der Waals surface area contributed by atoms with E-state index in [0.717, 1.165) is 13.1 Å². The Hall–Kier alpha value is -2.33. The molecule has 3 aliphatic heterocycles. The number of allylic oxidation sites excluding steroid dienone is 1. The quantitative estimate of drug-likeness (QED) is 0.390. The molecule has 1 aliphatic carbocycles. The number of carbonyl (C=O) groups is 1. The van der Waals surface area contributed by atoms with Gasteiger partial charge in [0.15, 0.2) is 0 Å². The summed E-state index contributed by atoms with van der Waals surface area (Å²) in [7, 11) is 0. The zero-order valence-electron chi connectivity index (χ0n) is 23.9. The number of carbonyl (C=O) groups excluding carboxylic acids is 1. The van der Waals surface area contributed by atoms with Crippen molar-refractivity contribution < 1.29 is 4.79 Å². The van der Waals surface area contributed by atoms with Crippen LogP contribution in [0.3, 0.4) is 0 Å². The molecule has 2 unspecified atom stereocenters. The van der Waals surface area contributed by atoms with Gasteiger partial charge in [0.25, 0.3) is 0 Å². The minimum atomic E-state index is -0.511. The molecule has 2 fully saturated rings. The molecular weight excluding hydrogens is 454 g/mol. The number of benzene rings is 1. The first-order valence-electron chi connectivity index (χ1n) is 14.7. The van der Waals surface area contributed by atoms with Crippen molar-refractivity contribution in [1.82, 2.24) is 15.5 Å². The van der Waals surface area contributed by atoms with E-state index in [4.69, 9.17) is 0 Å². The lowest BCUT2D eigenvalue weighted by Crippen LogP contribution is -2.45. The zero-order chi connectivity index (χ0) is 26.3. The van der Waals surface area contributed by atoms with Crippen LogP contribution in [0.4, 0.5) is 0 Å². The van der Waals surface area contributed by atoms with Gasteiger partial charge in [0.05, 0.1) is 11.5 Å². The number of hydrogen-bond acceptors (Lipinski definition) is 3. The summed E-state index contributed by atoms with van der Waals surface area (Å²) in [5.74, 6) is 0.987. The lowest BCUT2D eigenvalue weighted by atomic mass is 9.74. The third-order valence-corrected chi connectivity index (χ3v) is 9.33. The highest BCUT2D eigenvalue weighted by molar-refractivity contribution is 5.87. The zero-order valence-corrected chi connectivity index (χ0v) is 23.9. The van der Waals surface area contributed by atoms with Gasteiger partial charge in [-0.25, -0.2) is 0 Å². The van der Waals surface area contributed by atoms with Gasteiger partial charge in [0.1, 0.15) is 0 Å². The van der Waals surface area contributed by atoms with Gasteiger partial charge in [-0.1, -0.05) is 55.7 Å². The minimum Gasteiger partial charge on any atom is -0.377 e. The first kappa shape index (κ1) is 26.3. The smallest absolute Gasteiger partial charge is 0.233 e. The first-order chi connectivity index (χ1) is 17.7. The lowest BCUT2D eigenvalue weighted by molar-refractivity contribution is -0.139. The molecule has 200 valence electrons. The average Bonchev–Trinajstić information content (AvgIpc) is 3.57. The topological polar surface area (TPSA) is 44.4 Å². The van der Waals surface area contributed by atoms with Gasteiger partial charge in [0, 0.05) is 30.2 Å². The molecule has 2 saturated heterocycles. The van der Waals surface area contributed by atoms with Crippen molar-refractivity contribution in [3.05, 3.63) is 64.3 Å². The van der Waals surface area contributed by atoms with Gasteiger partial charge >= 0.3 is 0 Å². The molecule has 2 bridgehead atoms. The monoisotopic (exact) mass is 501 g/mol. The number of nitrogens with zero attached hydrogens (tertiary/aromatic N) is 1. The van der Waals surface area contributed by atoms with Crippen LogP contribution in [0.1, 0.15) is 82.9 Å². The van der Waals surface area contributed by atoms with E-state index in [1.807, 2.05) is 0 Å². The molecule has 1 amide bonds. The predicted octanol–water partition coefficient (Wildman–Crippen LogP) is 6.30. The minimum absolute atomic E-state index is 0.238. The van der Waals surface area contributed by atoms with E-state index in [1.54, 1.807) is 0 Å². The Morgan fingerprint density at radius 3 is 2.38 bits per heavy atom. The molecule has 3 atom stereocenters. The fourth-order valence-corrected chi connectivity index (χ4v) is 7.30. The third kappa shape index (κ3) is 4.94. The van der Waals surface area contributed by atoms with Gasteiger partial charge < -0.3 is 15.5 Å². The standard InChI is InChI=1S/C33H47N3O/c1-7-8-15-34-20-23(4)30-28-19-25(33(5,6)32(37)36-26-10-11-27(36)13-12-26)9-14-29(28)35-31(30)24-17-21(2)16-22(3)18-24/h9,14,16-19,23,26-29,34-35H,7-8,10-13,15,20H2,1-6H3/t23-,26?,27?,28?,29?/m1/s1. The molecule has 5 rings (SSSR count). The Bertz CT molecular complexity index is 1090. The summed E-state index contributed by atoms with van der Waals surface area (Å²) >= 11 is 0. The van der Waals surface area contributed by atoms with Crippen LogP contribution in [0.15, 0.2) is 47.6 Å². The van der Waals surface area contributed by atoms with Crippen LogP contribution in [0, 0.1) is 31.1 Å². The highest BCUT2D eigenvalue weighted by atomic mass is 16.2. The average molecular weight is 502 g/mol. The lowest BCUT2D eigenvalue weighted by Gasteiger charge is -2.36. The molecule has 3 heterocycles.